The van der Waals surface area contributed by atoms with E-state index in [9.17, 15) is 9.90 Å². The van der Waals surface area contributed by atoms with Crippen LogP contribution in [0.3, 0.4) is 0 Å². The number of aromatic carboxylic acids is 1. The molecule has 192 valence electrons. The number of fused-ring (bicyclic) bond motifs is 2. The van der Waals surface area contributed by atoms with Crippen molar-refractivity contribution in [3.63, 3.8) is 0 Å². The molecule has 0 amide bonds. The number of rotatable bonds is 7. The van der Waals surface area contributed by atoms with Gasteiger partial charge in [-0.15, -0.1) is 0 Å². The van der Waals surface area contributed by atoms with Gasteiger partial charge < -0.3 is 20.1 Å². The molecule has 3 aromatic carbocycles. The van der Waals surface area contributed by atoms with E-state index >= 15 is 0 Å². The van der Waals surface area contributed by atoms with Crippen molar-refractivity contribution < 1.29 is 14.6 Å². The smallest absolute Gasteiger partial charge is 0.336 e. The van der Waals surface area contributed by atoms with Crippen LogP contribution in [0.15, 0.2) is 78.8 Å². The Morgan fingerprint density at radius 2 is 1.92 bits per heavy atom. The maximum Gasteiger partial charge on any atom is 0.336 e. The molecule has 4 aromatic rings. The van der Waals surface area contributed by atoms with E-state index in [1.165, 1.54) is 0 Å². The summed E-state index contributed by atoms with van der Waals surface area (Å²) in [4.78, 5) is 18.8. The lowest BCUT2D eigenvalue weighted by atomic mass is 9.99. The van der Waals surface area contributed by atoms with Crippen LogP contribution in [0.25, 0.3) is 27.9 Å². The molecule has 7 nitrogen and oxygen atoms in total. The number of carboxylic acids is 1. The summed E-state index contributed by atoms with van der Waals surface area (Å²) in [5.74, 6) is 0.235. The molecule has 0 atom stereocenters. The fraction of sp³-hybridized carbons (Fsp3) is 0.226. The number of imidazole rings is 1. The van der Waals surface area contributed by atoms with Gasteiger partial charge in [0, 0.05) is 18.3 Å². The number of allylic oxidation sites excluding steroid dienone is 1. The van der Waals surface area contributed by atoms with Gasteiger partial charge >= 0.3 is 5.97 Å². The molecular weight excluding hydrogens is 476 g/mol. The fourth-order valence-corrected chi connectivity index (χ4v) is 5.28. The van der Waals surface area contributed by atoms with Gasteiger partial charge in [0.15, 0.2) is 0 Å². The predicted molar refractivity (Wildman–Crippen MR) is 149 cm³/mol. The summed E-state index contributed by atoms with van der Waals surface area (Å²) in [6.07, 6.45) is 6.72. The van der Waals surface area contributed by atoms with Crippen molar-refractivity contribution in [2.24, 2.45) is 0 Å². The first-order valence-corrected chi connectivity index (χ1v) is 13.0. The third kappa shape index (κ3) is 4.30. The molecule has 3 heterocycles. The van der Waals surface area contributed by atoms with Crippen LogP contribution in [0.1, 0.15) is 46.8 Å². The summed E-state index contributed by atoms with van der Waals surface area (Å²) in [5, 5.41) is 13.2. The highest BCUT2D eigenvalue weighted by molar-refractivity contribution is 5.96. The van der Waals surface area contributed by atoms with Gasteiger partial charge in [0.25, 0.3) is 6.01 Å². The van der Waals surface area contributed by atoms with Crippen LogP contribution in [0.5, 0.6) is 6.01 Å². The van der Waals surface area contributed by atoms with E-state index in [0.29, 0.717) is 30.3 Å². The summed E-state index contributed by atoms with van der Waals surface area (Å²) in [5.41, 5.74) is 8.21. The van der Waals surface area contributed by atoms with Crippen molar-refractivity contribution in [3.05, 3.63) is 101 Å². The van der Waals surface area contributed by atoms with Crippen LogP contribution in [0.2, 0.25) is 0 Å². The maximum absolute atomic E-state index is 11.7. The van der Waals surface area contributed by atoms with Gasteiger partial charge in [-0.05, 0) is 73.2 Å². The van der Waals surface area contributed by atoms with Crippen molar-refractivity contribution in [3.8, 4) is 17.1 Å². The van der Waals surface area contributed by atoms with E-state index in [4.69, 9.17) is 9.72 Å². The van der Waals surface area contributed by atoms with Crippen molar-refractivity contribution >= 4 is 22.7 Å². The van der Waals surface area contributed by atoms with Gasteiger partial charge in [0.1, 0.15) is 5.82 Å². The van der Waals surface area contributed by atoms with Gasteiger partial charge in [-0.25, -0.2) is 4.79 Å². The van der Waals surface area contributed by atoms with E-state index in [2.05, 4.69) is 46.1 Å². The Balaban J connectivity index is 1.36. The van der Waals surface area contributed by atoms with Crippen molar-refractivity contribution in [2.45, 2.75) is 33.2 Å². The molecule has 7 heteroatoms. The van der Waals surface area contributed by atoms with Crippen molar-refractivity contribution in [2.75, 3.05) is 13.2 Å². The third-order valence-electron chi connectivity index (χ3n) is 7.15. The molecule has 6 rings (SSSR count). The Hall–Kier alpha value is -4.52. The van der Waals surface area contributed by atoms with Crippen LogP contribution in [0.4, 0.5) is 0 Å². The Kier molecular flexibility index (Phi) is 6.12. The first-order chi connectivity index (χ1) is 18.5. The first kappa shape index (κ1) is 23.9. The Morgan fingerprint density at radius 3 is 2.68 bits per heavy atom. The summed E-state index contributed by atoms with van der Waals surface area (Å²) < 4.78 is 8.09. The highest BCUT2D eigenvalue weighted by atomic mass is 16.5. The predicted octanol–water partition coefficient (Wildman–Crippen LogP) is 6.00. The molecule has 0 unspecified atom stereocenters. The molecule has 0 saturated carbocycles. The molecule has 38 heavy (non-hydrogen) atoms. The number of ether oxygens (including phenoxy) is 1. The highest BCUT2D eigenvalue weighted by Gasteiger charge is 2.23. The second-order valence-electron chi connectivity index (χ2n) is 9.71. The number of benzene rings is 3. The third-order valence-corrected chi connectivity index (χ3v) is 7.15. The number of carbonyl (C=O) groups is 1. The lowest BCUT2D eigenvalue weighted by Gasteiger charge is -2.21. The SMILES string of the molecule is CCOc1nc2c(C)cc(C3=CN4CCCC=C4N3)cc2n1Cc1ccc(-c2ccccc2C(=O)O)cc1. The van der Waals surface area contributed by atoms with Crippen LogP contribution < -0.4 is 10.1 Å². The zero-order valence-corrected chi connectivity index (χ0v) is 21.6. The number of aromatic nitrogens is 2. The zero-order valence-electron chi connectivity index (χ0n) is 21.6. The quantitative estimate of drug-likeness (QED) is 0.320. The average Bonchev–Trinajstić information content (AvgIpc) is 3.51. The molecule has 2 aliphatic rings. The Labute approximate surface area is 221 Å². The van der Waals surface area contributed by atoms with Crippen LogP contribution >= 0.6 is 0 Å². The topological polar surface area (TPSA) is 79.6 Å². The maximum atomic E-state index is 11.7. The Bertz CT molecular complexity index is 1600. The van der Waals surface area contributed by atoms with Crippen LogP contribution in [0, 0.1) is 6.92 Å². The summed E-state index contributed by atoms with van der Waals surface area (Å²) in [7, 11) is 0. The summed E-state index contributed by atoms with van der Waals surface area (Å²) in [6, 6.07) is 20.1. The molecule has 0 aliphatic carbocycles. The Morgan fingerprint density at radius 1 is 1.11 bits per heavy atom. The largest absolute Gasteiger partial charge is 0.478 e. The van der Waals surface area contributed by atoms with Crippen LogP contribution in [-0.4, -0.2) is 38.7 Å². The van der Waals surface area contributed by atoms with Gasteiger partial charge in [0.2, 0.25) is 0 Å². The molecule has 0 radical (unpaired) electrons. The highest BCUT2D eigenvalue weighted by Crippen LogP contribution is 2.32. The summed E-state index contributed by atoms with van der Waals surface area (Å²) >= 11 is 0. The van der Waals surface area contributed by atoms with Gasteiger partial charge in [0.05, 0.1) is 35.4 Å². The molecule has 0 spiro atoms. The molecule has 0 fully saturated rings. The van der Waals surface area contributed by atoms with Crippen molar-refractivity contribution in [1.29, 1.82) is 0 Å². The molecule has 0 saturated heterocycles. The van der Waals surface area contributed by atoms with Gasteiger partial charge in [-0.2, -0.15) is 4.98 Å². The minimum atomic E-state index is -0.929. The fourth-order valence-electron chi connectivity index (χ4n) is 5.28. The first-order valence-electron chi connectivity index (χ1n) is 13.0. The monoisotopic (exact) mass is 506 g/mol. The van der Waals surface area contributed by atoms with Crippen LogP contribution in [-0.2, 0) is 6.54 Å². The summed E-state index contributed by atoms with van der Waals surface area (Å²) in [6.45, 7) is 6.20. The lowest BCUT2D eigenvalue weighted by Crippen LogP contribution is -2.23. The molecule has 0 bridgehead atoms. The normalized spacial score (nSPS) is 14.6. The van der Waals surface area contributed by atoms with E-state index in [1.54, 1.807) is 12.1 Å². The second-order valence-corrected chi connectivity index (χ2v) is 9.71. The molecule has 1 aromatic heterocycles. The second kappa shape index (κ2) is 9.74. The van der Waals surface area contributed by atoms with E-state index < -0.39 is 5.97 Å². The minimum Gasteiger partial charge on any atom is -0.478 e. The van der Waals surface area contributed by atoms with Gasteiger partial charge in [-0.1, -0.05) is 42.5 Å². The zero-order chi connectivity index (χ0) is 26.2. The number of nitrogens with zero attached hydrogens (tertiary/aromatic N) is 3. The lowest BCUT2D eigenvalue weighted by molar-refractivity contribution is 0.0697. The molecule has 2 N–H and O–H groups in total. The number of hydrogen-bond donors (Lipinski definition) is 2. The number of hydrogen-bond acceptors (Lipinski definition) is 5. The number of aryl methyl sites for hydroxylation is 1. The molecular formula is C31H30N4O3. The number of carboxylic acid groups (broad SMARTS) is 1. The standard InChI is InChI=1S/C31H30N4O3/c1-3-38-31-33-29-20(2)16-23(26-19-34-15-7-6-10-28(34)32-26)17-27(29)35(31)18-21-11-13-22(14-12-21)24-8-4-5-9-25(24)30(36)37/h4-5,8-14,16-17,19,32H,3,6-7,15,18H2,1-2H3,(H,36,37). The van der Waals surface area contributed by atoms with E-state index in [-0.39, 0.29) is 0 Å². The van der Waals surface area contributed by atoms with E-state index in [0.717, 1.165) is 64.2 Å². The van der Waals surface area contributed by atoms with Gasteiger partial charge in [-0.3, -0.25) is 4.57 Å². The van der Waals surface area contributed by atoms with Crippen molar-refractivity contribution in [1.82, 2.24) is 19.8 Å². The van der Waals surface area contributed by atoms with E-state index in [1.807, 2.05) is 43.3 Å². The number of nitrogens with one attached hydrogen (secondary N) is 1. The average molecular weight is 507 g/mol. The minimum absolute atomic E-state index is 0.296. The molecule has 2 aliphatic heterocycles.